The van der Waals surface area contributed by atoms with Crippen LogP contribution in [-0.4, -0.2) is 48.3 Å². The fraction of sp³-hybridized carbons (Fsp3) is 0.421. The lowest BCUT2D eigenvalue weighted by Crippen LogP contribution is -2.40. The van der Waals surface area contributed by atoms with Gasteiger partial charge < -0.3 is 14.7 Å². The number of likely N-dealkylation sites (tertiary alicyclic amines) is 1. The number of nitrogens with zero attached hydrogens (tertiary/aromatic N) is 1. The van der Waals surface area contributed by atoms with E-state index in [4.69, 9.17) is 9.84 Å². The van der Waals surface area contributed by atoms with E-state index in [0.29, 0.717) is 13.0 Å². The molecule has 0 saturated carbocycles. The van der Waals surface area contributed by atoms with E-state index in [2.05, 4.69) is 0 Å². The summed E-state index contributed by atoms with van der Waals surface area (Å²) in [5.74, 6) is 0.123. The van der Waals surface area contributed by atoms with Crippen molar-refractivity contribution in [3.8, 4) is 11.1 Å². The Hall–Kier alpha value is -1.69. The normalized spacial score (nSPS) is 15.6. The van der Waals surface area contributed by atoms with Gasteiger partial charge in [-0.3, -0.25) is 4.79 Å². The maximum absolute atomic E-state index is 12.9. The maximum atomic E-state index is 12.9. The molecule has 5 heteroatoms. The zero-order valence-corrected chi connectivity index (χ0v) is 14.5. The molecule has 1 aromatic heterocycles. The molecule has 1 aromatic carbocycles. The van der Waals surface area contributed by atoms with E-state index in [0.717, 1.165) is 41.9 Å². The highest BCUT2D eigenvalue weighted by Gasteiger charge is 2.26. The zero-order chi connectivity index (χ0) is 16.8. The van der Waals surface area contributed by atoms with Gasteiger partial charge in [-0.05, 0) is 36.3 Å². The summed E-state index contributed by atoms with van der Waals surface area (Å²) < 4.78 is 5.74. The minimum atomic E-state index is 0.123. The number of amides is 1. The quantitative estimate of drug-likeness (QED) is 0.816. The van der Waals surface area contributed by atoms with E-state index in [1.54, 1.807) is 0 Å². The van der Waals surface area contributed by atoms with Crippen molar-refractivity contribution in [3.05, 3.63) is 46.7 Å². The fourth-order valence-electron chi connectivity index (χ4n) is 3.00. The van der Waals surface area contributed by atoms with Crippen molar-refractivity contribution in [2.45, 2.75) is 25.4 Å². The Bertz CT molecular complexity index is 648. The summed E-state index contributed by atoms with van der Waals surface area (Å²) in [5, 5.41) is 10.8. The topological polar surface area (TPSA) is 49.8 Å². The Morgan fingerprint density at radius 3 is 2.67 bits per heavy atom. The van der Waals surface area contributed by atoms with Crippen LogP contribution in [0.2, 0.25) is 0 Å². The molecule has 0 aliphatic carbocycles. The third kappa shape index (κ3) is 4.04. The molecule has 1 saturated heterocycles. The molecule has 1 N–H and O–H groups in total. The van der Waals surface area contributed by atoms with Crippen molar-refractivity contribution in [1.82, 2.24) is 4.90 Å². The zero-order valence-electron chi connectivity index (χ0n) is 13.7. The van der Waals surface area contributed by atoms with Crippen LogP contribution in [0.15, 0.2) is 41.8 Å². The molecule has 128 valence electrons. The van der Waals surface area contributed by atoms with Crippen molar-refractivity contribution in [3.63, 3.8) is 0 Å². The van der Waals surface area contributed by atoms with Crippen LogP contribution in [0, 0.1) is 0 Å². The summed E-state index contributed by atoms with van der Waals surface area (Å²) in [4.78, 5) is 15.6. The van der Waals surface area contributed by atoms with E-state index < -0.39 is 0 Å². The SMILES string of the molecule is O=C(c1sccc1-c1ccccc1)N1CCC(OCCCO)CC1. The van der Waals surface area contributed by atoms with Gasteiger partial charge in [0, 0.05) is 31.9 Å². The Labute approximate surface area is 146 Å². The van der Waals surface area contributed by atoms with Crippen LogP contribution in [0.4, 0.5) is 0 Å². The van der Waals surface area contributed by atoms with Gasteiger partial charge in [0.15, 0.2) is 0 Å². The van der Waals surface area contributed by atoms with E-state index in [1.807, 2.05) is 46.7 Å². The van der Waals surface area contributed by atoms with Gasteiger partial charge >= 0.3 is 0 Å². The Morgan fingerprint density at radius 1 is 1.21 bits per heavy atom. The number of rotatable bonds is 6. The van der Waals surface area contributed by atoms with E-state index >= 15 is 0 Å². The number of hydrogen-bond acceptors (Lipinski definition) is 4. The smallest absolute Gasteiger partial charge is 0.264 e. The van der Waals surface area contributed by atoms with Gasteiger partial charge in [0.2, 0.25) is 0 Å². The molecule has 1 aliphatic rings. The molecule has 1 aliphatic heterocycles. The second-order valence-corrected chi connectivity index (χ2v) is 6.89. The first-order chi connectivity index (χ1) is 11.8. The molecule has 0 bridgehead atoms. The standard InChI is InChI=1S/C19H23NO3S/c21-12-4-13-23-16-7-10-20(11-8-16)19(22)18-17(9-14-24-18)15-5-2-1-3-6-15/h1-3,5-6,9,14,16,21H,4,7-8,10-13H2. The summed E-state index contributed by atoms with van der Waals surface area (Å²) in [6, 6.07) is 12.1. The van der Waals surface area contributed by atoms with Gasteiger partial charge in [-0.2, -0.15) is 0 Å². The van der Waals surface area contributed by atoms with E-state index in [1.165, 1.54) is 11.3 Å². The monoisotopic (exact) mass is 345 g/mol. The van der Waals surface area contributed by atoms with Crippen LogP contribution in [0.5, 0.6) is 0 Å². The van der Waals surface area contributed by atoms with Crippen LogP contribution >= 0.6 is 11.3 Å². The molecule has 1 fully saturated rings. The summed E-state index contributed by atoms with van der Waals surface area (Å²) in [5.41, 5.74) is 2.11. The lowest BCUT2D eigenvalue weighted by atomic mass is 10.0. The highest BCUT2D eigenvalue weighted by atomic mass is 32.1. The average molecular weight is 345 g/mol. The number of carbonyl (C=O) groups excluding carboxylic acids is 1. The number of piperidine rings is 1. The van der Waals surface area contributed by atoms with Crippen LogP contribution in [-0.2, 0) is 4.74 Å². The average Bonchev–Trinajstić information content (AvgIpc) is 3.12. The van der Waals surface area contributed by atoms with Crippen molar-refractivity contribution < 1.29 is 14.6 Å². The number of aliphatic hydroxyl groups excluding tert-OH is 1. The van der Waals surface area contributed by atoms with Gasteiger partial charge in [0.1, 0.15) is 0 Å². The van der Waals surface area contributed by atoms with Crippen LogP contribution in [0.25, 0.3) is 11.1 Å². The summed E-state index contributed by atoms with van der Waals surface area (Å²) in [6.45, 7) is 2.22. The molecule has 0 spiro atoms. The number of thiophene rings is 1. The molecule has 3 rings (SSSR count). The molecular weight excluding hydrogens is 322 g/mol. The third-order valence-corrected chi connectivity index (χ3v) is 5.23. The van der Waals surface area contributed by atoms with Crippen molar-refractivity contribution in [2.24, 2.45) is 0 Å². The molecule has 24 heavy (non-hydrogen) atoms. The first kappa shape index (κ1) is 17.1. The highest BCUT2D eigenvalue weighted by Crippen LogP contribution is 2.30. The van der Waals surface area contributed by atoms with Gasteiger partial charge in [0.25, 0.3) is 5.91 Å². The molecule has 2 aromatic rings. The molecule has 0 atom stereocenters. The number of ether oxygens (including phenoxy) is 1. The van der Waals surface area contributed by atoms with Gasteiger partial charge in [-0.25, -0.2) is 0 Å². The molecule has 0 radical (unpaired) electrons. The number of benzene rings is 1. The second-order valence-electron chi connectivity index (χ2n) is 5.97. The lowest BCUT2D eigenvalue weighted by Gasteiger charge is -2.32. The lowest BCUT2D eigenvalue weighted by molar-refractivity contribution is 0.00411. The molecule has 2 heterocycles. The molecule has 4 nitrogen and oxygen atoms in total. The third-order valence-electron chi connectivity index (χ3n) is 4.33. The summed E-state index contributed by atoms with van der Waals surface area (Å²) >= 11 is 1.51. The first-order valence-corrected chi connectivity index (χ1v) is 9.32. The van der Waals surface area contributed by atoms with Gasteiger partial charge in [-0.1, -0.05) is 30.3 Å². The van der Waals surface area contributed by atoms with Crippen LogP contribution < -0.4 is 0 Å². The predicted octanol–water partition coefficient (Wildman–Crippen LogP) is 3.42. The molecule has 1 amide bonds. The van der Waals surface area contributed by atoms with E-state index in [9.17, 15) is 4.79 Å². The summed E-state index contributed by atoms with van der Waals surface area (Å²) in [6.07, 6.45) is 2.61. The van der Waals surface area contributed by atoms with Gasteiger partial charge in [0.05, 0.1) is 11.0 Å². The largest absolute Gasteiger partial charge is 0.396 e. The number of hydrogen-bond donors (Lipinski definition) is 1. The second kappa shape index (κ2) is 8.42. The maximum Gasteiger partial charge on any atom is 0.264 e. The Morgan fingerprint density at radius 2 is 1.96 bits per heavy atom. The van der Waals surface area contributed by atoms with Crippen LogP contribution in [0.1, 0.15) is 28.9 Å². The van der Waals surface area contributed by atoms with E-state index in [-0.39, 0.29) is 18.6 Å². The Kier molecular flexibility index (Phi) is 6.01. The fourth-order valence-corrected chi connectivity index (χ4v) is 3.89. The molecular formula is C19H23NO3S. The minimum Gasteiger partial charge on any atom is -0.396 e. The van der Waals surface area contributed by atoms with Crippen molar-refractivity contribution >= 4 is 17.2 Å². The van der Waals surface area contributed by atoms with Gasteiger partial charge in [-0.15, -0.1) is 11.3 Å². The predicted molar refractivity (Wildman–Crippen MR) is 96.3 cm³/mol. The highest BCUT2D eigenvalue weighted by molar-refractivity contribution is 7.12. The van der Waals surface area contributed by atoms with Crippen molar-refractivity contribution in [2.75, 3.05) is 26.3 Å². The number of aliphatic hydroxyl groups is 1. The minimum absolute atomic E-state index is 0.123. The number of carbonyl (C=O) groups is 1. The van der Waals surface area contributed by atoms with Crippen molar-refractivity contribution in [1.29, 1.82) is 0 Å². The Balaban J connectivity index is 1.62. The first-order valence-electron chi connectivity index (χ1n) is 8.44. The van der Waals surface area contributed by atoms with Crippen LogP contribution in [0.3, 0.4) is 0 Å². The summed E-state index contributed by atoms with van der Waals surface area (Å²) in [7, 11) is 0. The molecule has 0 unspecified atom stereocenters.